The third-order valence-electron chi connectivity index (χ3n) is 2.78. The van der Waals surface area contributed by atoms with E-state index in [0.29, 0.717) is 18.1 Å². The summed E-state index contributed by atoms with van der Waals surface area (Å²) in [4.78, 5) is 6.52. The number of hydrogen-bond acceptors (Lipinski definition) is 4. The molecule has 1 rings (SSSR count). The molecule has 0 aliphatic rings. The second-order valence-electron chi connectivity index (χ2n) is 4.53. The van der Waals surface area contributed by atoms with Crippen LogP contribution in [-0.2, 0) is 6.54 Å². The number of hydrogen-bond donors (Lipinski definition) is 1. The standard InChI is InChI=1S/C12H23N3O/c1-6-10(4)15(5)12-14-11(8-16-12)7-13-9(2)3/h8-10,13H,6-7H2,1-5H3. The molecule has 1 aromatic rings. The molecule has 0 bridgehead atoms. The van der Waals surface area contributed by atoms with Crippen molar-refractivity contribution in [2.45, 2.75) is 52.7 Å². The first kappa shape index (κ1) is 13.0. The summed E-state index contributed by atoms with van der Waals surface area (Å²) in [6.45, 7) is 9.32. The fourth-order valence-electron chi connectivity index (χ4n) is 1.31. The molecule has 1 atom stereocenters. The average Bonchev–Trinajstić information content (AvgIpc) is 2.72. The number of rotatable bonds is 6. The molecular formula is C12H23N3O. The van der Waals surface area contributed by atoms with Crippen molar-refractivity contribution in [1.29, 1.82) is 0 Å². The molecule has 0 saturated heterocycles. The predicted molar refractivity (Wildman–Crippen MR) is 66.6 cm³/mol. The van der Waals surface area contributed by atoms with Crippen LogP contribution in [0.2, 0.25) is 0 Å². The van der Waals surface area contributed by atoms with Gasteiger partial charge in [-0.1, -0.05) is 20.8 Å². The molecule has 0 aromatic carbocycles. The van der Waals surface area contributed by atoms with Gasteiger partial charge in [0.05, 0.1) is 5.69 Å². The lowest BCUT2D eigenvalue weighted by atomic mass is 10.2. The van der Waals surface area contributed by atoms with Crippen molar-refractivity contribution >= 4 is 6.01 Å². The third-order valence-corrected chi connectivity index (χ3v) is 2.78. The van der Waals surface area contributed by atoms with E-state index in [1.54, 1.807) is 6.26 Å². The van der Waals surface area contributed by atoms with Crippen LogP contribution in [-0.4, -0.2) is 24.1 Å². The zero-order chi connectivity index (χ0) is 12.1. The van der Waals surface area contributed by atoms with Crippen molar-refractivity contribution in [3.63, 3.8) is 0 Å². The topological polar surface area (TPSA) is 41.3 Å². The zero-order valence-corrected chi connectivity index (χ0v) is 10.9. The largest absolute Gasteiger partial charge is 0.432 e. The summed E-state index contributed by atoms with van der Waals surface area (Å²) in [6.07, 6.45) is 2.81. The monoisotopic (exact) mass is 225 g/mol. The maximum Gasteiger partial charge on any atom is 0.297 e. The van der Waals surface area contributed by atoms with Gasteiger partial charge in [-0.3, -0.25) is 0 Å². The van der Waals surface area contributed by atoms with Crippen molar-refractivity contribution in [1.82, 2.24) is 10.3 Å². The second kappa shape index (κ2) is 5.89. The van der Waals surface area contributed by atoms with E-state index in [1.807, 2.05) is 7.05 Å². The summed E-state index contributed by atoms with van der Waals surface area (Å²) in [7, 11) is 2.01. The fraction of sp³-hybridized carbons (Fsp3) is 0.750. The van der Waals surface area contributed by atoms with Crippen LogP contribution in [0.4, 0.5) is 6.01 Å². The Hall–Kier alpha value is -1.03. The van der Waals surface area contributed by atoms with Gasteiger partial charge >= 0.3 is 0 Å². The maximum atomic E-state index is 5.46. The maximum absolute atomic E-state index is 5.46. The van der Waals surface area contributed by atoms with Gasteiger partial charge in [-0.2, -0.15) is 4.98 Å². The molecule has 16 heavy (non-hydrogen) atoms. The van der Waals surface area contributed by atoms with Crippen molar-refractivity contribution in [2.24, 2.45) is 0 Å². The van der Waals surface area contributed by atoms with Crippen LogP contribution in [0.3, 0.4) is 0 Å². The molecule has 0 amide bonds. The minimum Gasteiger partial charge on any atom is -0.432 e. The highest BCUT2D eigenvalue weighted by molar-refractivity contribution is 5.26. The van der Waals surface area contributed by atoms with Gasteiger partial charge in [0, 0.05) is 25.7 Å². The van der Waals surface area contributed by atoms with Crippen LogP contribution in [0.25, 0.3) is 0 Å². The summed E-state index contributed by atoms with van der Waals surface area (Å²) in [5.74, 6) is 0. The molecule has 4 heteroatoms. The van der Waals surface area contributed by atoms with E-state index < -0.39 is 0 Å². The Morgan fingerprint density at radius 3 is 2.69 bits per heavy atom. The van der Waals surface area contributed by atoms with E-state index in [2.05, 4.69) is 42.9 Å². The third kappa shape index (κ3) is 3.52. The Morgan fingerprint density at radius 2 is 2.12 bits per heavy atom. The van der Waals surface area contributed by atoms with Crippen molar-refractivity contribution in [3.8, 4) is 0 Å². The van der Waals surface area contributed by atoms with Gasteiger partial charge in [-0.15, -0.1) is 0 Å². The van der Waals surface area contributed by atoms with E-state index >= 15 is 0 Å². The Labute approximate surface area is 98.0 Å². The average molecular weight is 225 g/mol. The number of nitrogens with one attached hydrogen (secondary N) is 1. The molecule has 0 fully saturated rings. The minimum atomic E-state index is 0.449. The second-order valence-corrected chi connectivity index (χ2v) is 4.53. The Morgan fingerprint density at radius 1 is 1.44 bits per heavy atom. The van der Waals surface area contributed by atoms with Gasteiger partial charge in [0.1, 0.15) is 6.26 Å². The van der Waals surface area contributed by atoms with Crippen LogP contribution >= 0.6 is 0 Å². The van der Waals surface area contributed by atoms with E-state index in [0.717, 1.165) is 18.7 Å². The first-order valence-corrected chi connectivity index (χ1v) is 5.95. The first-order chi connectivity index (χ1) is 7.54. The summed E-state index contributed by atoms with van der Waals surface area (Å²) in [5.41, 5.74) is 0.957. The fourth-order valence-corrected chi connectivity index (χ4v) is 1.31. The lowest BCUT2D eigenvalue weighted by Gasteiger charge is -2.21. The summed E-state index contributed by atoms with van der Waals surface area (Å²) >= 11 is 0. The molecule has 0 spiro atoms. The number of nitrogens with zero attached hydrogens (tertiary/aromatic N) is 2. The lowest BCUT2D eigenvalue weighted by molar-refractivity contribution is 0.514. The molecular weight excluding hydrogens is 202 g/mol. The number of aromatic nitrogens is 1. The molecule has 1 aromatic heterocycles. The van der Waals surface area contributed by atoms with Crippen LogP contribution in [0.5, 0.6) is 0 Å². The summed E-state index contributed by atoms with van der Waals surface area (Å²) in [5, 5.41) is 3.32. The predicted octanol–water partition coefficient (Wildman–Crippen LogP) is 2.41. The van der Waals surface area contributed by atoms with Gasteiger partial charge in [0.25, 0.3) is 6.01 Å². The van der Waals surface area contributed by atoms with Gasteiger partial charge in [-0.25, -0.2) is 0 Å². The van der Waals surface area contributed by atoms with Gasteiger partial charge in [0.15, 0.2) is 0 Å². The van der Waals surface area contributed by atoms with Gasteiger partial charge in [0.2, 0.25) is 0 Å². The molecule has 0 aliphatic carbocycles. The van der Waals surface area contributed by atoms with E-state index in [4.69, 9.17) is 4.42 Å². The van der Waals surface area contributed by atoms with E-state index in [1.165, 1.54) is 0 Å². The van der Waals surface area contributed by atoms with E-state index in [9.17, 15) is 0 Å². The Balaban J connectivity index is 2.57. The molecule has 1 heterocycles. The molecule has 0 saturated carbocycles. The summed E-state index contributed by atoms with van der Waals surface area (Å²) in [6, 6.07) is 1.62. The molecule has 92 valence electrons. The number of oxazole rings is 1. The van der Waals surface area contributed by atoms with Crippen LogP contribution in [0, 0.1) is 0 Å². The highest BCUT2D eigenvalue weighted by Crippen LogP contribution is 2.15. The van der Waals surface area contributed by atoms with Gasteiger partial charge in [-0.05, 0) is 13.3 Å². The minimum absolute atomic E-state index is 0.449. The molecule has 1 unspecified atom stereocenters. The van der Waals surface area contributed by atoms with Gasteiger partial charge < -0.3 is 14.6 Å². The molecule has 0 radical (unpaired) electrons. The van der Waals surface area contributed by atoms with E-state index in [-0.39, 0.29) is 0 Å². The smallest absolute Gasteiger partial charge is 0.297 e. The van der Waals surface area contributed by atoms with Crippen LogP contribution in [0.15, 0.2) is 10.7 Å². The normalized spacial score (nSPS) is 13.1. The van der Waals surface area contributed by atoms with Crippen molar-refractivity contribution < 1.29 is 4.42 Å². The lowest BCUT2D eigenvalue weighted by Crippen LogP contribution is -2.28. The molecule has 4 nitrogen and oxygen atoms in total. The summed E-state index contributed by atoms with van der Waals surface area (Å²) < 4.78 is 5.46. The zero-order valence-electron chi connectivity index (χ0n) is 10.9. The molecule has 1 N–H and O–H groups in total. The van der Waals surface area contributed by atoms with Crippen LogP contribution in [0.1, 0.15) is 39.8 Å². The molecule has 0 aliphatic heterocycles. The van der Waals surface area contributed by atoms with Crippen molar-refractivity contribution in [2.75, 3.05) is 11.9 Å². The Bertz CT molecular complexity index is 309. The SMILES string of the molecule is CCC(C)N(C)c1nc(CNC(C)C)co1. The number of anilines is 1. The quantitative estimate of drug-likeness (QED) is 0.807. The Kier molecular flexibility index (Phi) is 4.80. The highest BCUT2D eigenvalue weighted by atomic mass is 16.4. The van der Waals surface area contributed by atoms with Crippen LogP contribution < -0.4 is 10.2 Å². The highest BCUT2D eigenvalue weighted by Gasteiger charge is 2.13. The van der Waals surface area contributed by atoms with Crippen molar-refractivity contribution in [3.05, 3.63) is 12.0 Å². The first-order valence-electron chi connectivity index (χ1n) is 5.95.